The Balaban J connectivity index is 0.00000408. The van der Waals surface area contributed by atoms with Gasteiger partial charge >= 0.3 is 0 Å². The first kappa shape index (κ1) is 27.1. The second-order valence-electron chi connectivity index (χ2n) is 8.07. The maximum absolute atomic E-state index is 13.4. The van der Waals surface area contributed by atoms with Crippen molar-refractivity contribution in [1.82, 2.24) is 14.8 Å². The van der Waals surface area contributed by atoms with Gasteiger partial charge in [-0.15, -0.1) is 12.4 Å². The number of aromatic nitrogens is 1. The lowest BCUT2D eigenvalue weighted by atomic mass is 10.1. The fraction of sp³-hybridized carbons (Fsp3) is 0.409. The molecule has 10 nitrogen and oxygen atoms in total. The van der Waals surface area contributed by atoms with Gasteiger partial charge in [0.2, 0.25) is 11.8 Å². The number of guanidine groups is 1. The molecule has 184 valence electrons. The van der Waals surface area contributed by atoms with Crippen molar-refractivity contribution in [3.63, 3.8) is 0 Å². The summed E-state index contributed by atoms with van der Waals surface area (Å²) in [6, 6.07) is 6.97. The molecule has 1 saturated heterocycles. The molecule has 0 spiro atoms. The molecular formula is C22H30ClN7O3S. The molecule has 1 aromatic carbocycles. The number of likely N-dealkylation sites (tertiary alicyclic amines) is 1. The molecule has 0 saturated carbocycles. The van der Waals surface area contributed by atoms with Gasteiger partial charge in [-0.3, -0.25) is 14.4 Å². The van der Waals surface area contributed by atoms with Crippen LogP contribution in [0.2, 0.25) is 0 Å². The molecular weight excluding hydrogens is 478 g/mol. The van der Waals surface area contributed by atoms with Crippen LogP contribution in [0.4, 0.5) is 10.8 Å². The molecule has 12 heteroatoms. The summed E-state index contributed by atoms with van der Waals surface area (Å²) in [4.78, 5) is 49.7. The van der Waals surface area contributed by atoms with Crippen LogP contribution in [0.5, 0.6) is 0 Å². The molecule has 1 aliphatic heterocycles. The highest BCUT2D eigenvalue weighted by molar-refractivity contribution is 7.17. The summed E-state index contributed by atoms with van der Waals surface area (Å²) in [5, 5.41) is 3.04. The summed E-state index contributed by atoms with van der Waals surface area (Å²) in [5.74, 6) is -0.576. The zero-order valence-corrected chi connectivity index (χ0v) is 21.0. The first-order valence-corrected chi connectivity index (χ1v) is 11.5. The number of rotatable bonds is 7. The van der Waals surface area contributed by atoms with Gasteiger partial charge in [0, 0.05) is 27.6 Å². The van der Waals surface area contributed by atoms with Gasteiger partial charge in [0.05, 0.1) is 11.4 Å². The summed E-state index contributed by atoms with van der Waals surface area (Å²) in [5.41, 5.74) is 13.1. The zero-order chi connectivity index (χ0) is 24.1. The van der Waals surface area contributed by atoms with Crippen LogP contribution in [0, 0.1) is 0 Å². The Morgan fingerprint density at radius 1 is 1.21 bits per heavy atom. The van der Waals surface area contributed by atoms with Crippen LogP contribution in [-0.4, -0.2) is 65.1 Å². The van der Waals surface area contributed by atoms with Crippen LogP contribution >= 0.6 is 23.7 Å². The first-order chi connectivity index (χ1) is 15.7. The molecule has 0 bridgehead atoms. The van der Waals surface area contributed by atoms with Crippen molar-refractivity contribution in [3.05, 3.63) is 40.4 Å². The van der Waals surface area contributed by atoms with E-state index in [-0.39, 0.29) is 36.1 Å². The Morgan fingerprint density at radius 3 is 2.47 bits per heavy atom. The van der Waals surface area contributed by atoms with Gasteiger partial charge < -0.3 is 26.6 Å². The largest absolute Gasteiger partial charge is 0.370 e. The van der Waals surface area contributed by atoms with Crippen molar-refractivity contribution < 1.29 is 14.4 Å². The first-order valence-electron chi connectivity index (χ1n) is 10.6. The lowest BCUT2D eigenvalue weighted by Crippen LogP contribution is -2.45. The third-order valence-electron chi connectivity index (χ3n) is 5.26. The van der Waals surface area contributed by atoms with Crippen molar-refractivity contribution in [1.29, 1.82) is 0 Å². The number of hydrogen-bond donors (Lipinski definition) is 3. The summed E-state index contributed by atoms with van der Waals surface area (Å²) in [6.07, 6.45) is 2.53. The number of halogens is 1. The van der Waals surface area contributed by atoms with Gasteiger partial charge in [-0.2, -0.15) is 0 Å². The maximum Gasteiger partial charge on any atom is 0.266 e. The molecule has 5 N–H and O–H groups in total. The van der Waals surface area contributed by atoms with E-state index in [0.717, 1.165) is 23.3 Å². The molecule has 1 fully saturated rings. The van der Waals surface area contributed by atoms with Crippen LogP contribution < -0.4 is 16.8 Å². The van der Waals surface area contributed by atoms with E-state index >= 15 is 0 Å². The second-order valence-corrected chi connectivity index (χ2v) is 9.07. The lowest BCUT2D eigenvalue weighted by Gasteiger charge is -2.26. The van der Waals surface area contributed by atoms with Crippen molar-refractivity contribution in [3.8, 4) is 0 Å². The highest BCUT2D eigenvalue weighted by Gasteiger charge is 2.37. The number of hydrogen-bond acceptors (Lipinski definition) is 6. The molecule has 34 heavy (non-hydrogen) atoms. The molecule has 0 aliphatic carbocycles. The van der Waals surface area contributed by atoms with Crippen LogP contribution in [0.25, 0.3) is 0 Å². The normalized spacial score (nSPS) is 14.8. The van der Waals surface area contributed by atoms with Crippen molar-refractivity contribution in [2.45, 2.75) is 38.6 Å². The molecule has 3 amide bonds. The molecule has 0 unspecified atom stereocenters. The number of carbonyl (C=O) groups is 3. The smallest absolute Gasteiger partial charge is 0.266 e. The number of nitrogens with one attached hydrogen (secondary N) is 1. The average molecular weight is 508 g/mol. The summed E-state index contributed by atoms with van der Waals surface area (Å²) in [6.45, 7) is 1.91. The molecule has 3 rings (SSSR count). The van der Waals surface area contributed by atoms with E-state index in [4.69, 9.17) is 11.5 Å². The lowest BCUT2D eigenvalue weighted by molar-refractivity contribution is -0.132. The van der Waals surface area contributed by atoms with E-state index in [2.05, 4.69) is 15.3 Å². The van der Waals surface area contributed by atoms with Gasteiger partial charge in [-0.05, 0) is 43.4 Å². The quantitative estimate of drug-likeness (QED) is 0.385. The molecule has 2 heterocycles. The summed E-state index contributed by atoms with van der Waals surface area (Å²) < 4.78 is 0. The zero-order valence-electron chi connectivity index (χ0n) is 19.4. The fourth-order valence-corrected chi connectivity index (χ4v) is 4.75. The number of aryl methyl sites for hydroxylation is 2. The Bertz CT molecular complexity index is 1060. The Kier molecular flexibility index (Phi) is 9.39. The maximum atomic E-state index is 13.4. The van der Waals surface area contributed by atoms with Crippen LogP contribution in [0.3, 0.4) is 0 Å². The molecule has 1 aliphatic rings. The van der Waals surface area contributed by atoms with Crippen molar-refractivity contribution >= 4 is 58.2 Å². The number of nitrogens with two attached hydrogens (primary N) is 2. The topological polar surface area (TPSA) is 147 Å². The monoisotopic (exact) mass is 507 g/mol. The summed E-state index contributed by atoms with van der Waals surface area (Å²) in [7, 11) is 3.38. The van der Waals surface area contributed by atoms with Crippen molar-refractivity contribution in [2.24, 2.45) is 16.5 Å². The number of nitrogens with zero attached hydrogens (tertiary/aromatic N) is 4. The van der Waals surface area contributed by atoms with E-state index in [9.17, 15) is 14.4 Å². The van der Waals surface area contributed by atoms with E-state index < -0.39 is 6.04 Å². The average Bonchev–Trinajstić information content (AvgIpc) is 3.38. The number of aliphatic imine (C=N–C) groups is 1. The minimum Gasteiger partial charge on any atom is -0.370 e. The molecule has 2 aromatic rings. The van der Waals surface area contributed by atoms with Crippen LogP contribution in [0.1, 0.15) is 40.7 Å². The van der Waals surface area contributed by atoms with E-state index in [1.54, 1.807) is 19.0 Å². The van der Waals surface area contributed by atoms with Crippen molar-refractivity contribution in [2.75, 3.05) is 26.0 Å². The summed E-state index contributed by atoms with van der Waals surface area (Å²) >= 11 is 1.14. The highest BCUT2D eigenvalue weighted by atomic mass is 35.5. The third kappa shape index (κ3) is 6.67. The van der Waals surface area contributed by atoms with Gasteiger partial charge in [0.1, 0.15) is 10.9 Å². The number of thiazole rings is 1. The Hall–Kier alpha value is -3.18. The van der Waals surface area contributed by atoms with Gasteiger partial charge in [-0.1, -0.05) is 23.5 Å². The number of benzene rings is 1. The van der Waals surface area contributed by atoms with Crippen LogP contribution in [-0.2, 0) is 22.4 Å². The van der Waals surface area contributed by atoms with E-state index in [1.807, 2.05) is 24.3 Å². The molecule has 0 radical (unpaired) electrons. The van der Waals surface area contributed by atoms with Gasteiger partial charge in [-0.25, -0.2) is 9.98 Å². The number of anilines is 1. The van der Waals surface area contributed by atoms with Gasteiger partial charge in [0.25, 0.3) is 5.91 Å². The number of likely N-dealkylation sites (N-methyl/N-ethyl adjacent to an activating group) is 1. The highest BCUT2D eigenvalue weighted by Crippen LogP contribution is 2.29. The minimum atomic E-state index is -0.477. The predicted molar refractivity (Wildman–Crippen MR) is 136 cm³/mol. The number of carbonyl (C=O) groups excluding carboxylic acids is 3. The SMILES string of the molecule is CC(=O)Nc1nc(CCc2ccc(N=C(N)N)cc2)c(C(=O)N2CCC[C@@H]2C(=O)N(C)C)s1.Cl. The standard InChI is InChI=1S/C22H29N7O3S.ClH/c1-13(30)25-22-27-16(11-8-14-6-9-15(10-7-14)26-21(23)24)18(33-22)20(32)29-12-4-5-17(29)19(31)28(2)3;/h6-7,9-10,17H,4-5,8,11-12H2,1-3H3,(H4,23,24,26)(H,25,27,30);1H/t17-;/m1./s1. The Labute approximate surface area is 208 Å². The predicted octanol–water partition coefficient (Wildman–Crippen LogP) is 1.91. The second kappa shape index (κ2) is 11.8. The Morgan fingerprint density at radius 2 is 1.88 bits per heavy atom. The molecule has 1 atom stereocenters. The third-order valence-corrected chi connectivity index (χ3v) is 6.26. The molecule has 1 aromatic heterocycles. The number of amides is 3. The van der Waals surface area contributed by atoms with E-state index in [0.29, 0.717) is 47.2 Å². The van der Waals surface area contributed by atoms with Crippen LogP contribution in [0.15, 0.2) is 29.3 Å². The van der Waals surface area contributed by atoms with E-state index in [1.165, 1.54) is 11.8 Å². The van der Waals surface area contributed by atoms with Gasteiger partial charge in [0.15, 0.2) is 11.1 Å². The fourth-order valence-electron chi connectivity index (χ4n) is 3.74. The minimum absolute atomic E-state index is 0.